The van der Waals surface area contributed by atoms with E-state index in [9.17, 15) is 28.6 Å². The molecule has 10 nitrogen and oxygen atoms in total. The first-order valence-corrected chi connectivity index (χ1v) is 17.1. The Morgan fingerprint density at radius 1 is 1.02 bits per heavy atom. The lowest BCUT2D eigenvalue weighted by Gasteiger charge is -2.34. The second-order valence-corrected chi connectivity index (χ2v) is 14.0. The predicted molar refractivity (Wildman–Crippen MR) is 191 cm³/mol. The van der Waals surface area contributed by atoms with Crippen LogP contribution in [0.4, 0.5) is 13.6 Å². The Balaban J connectivity index is 1.41. The molecule has 0 fully saturated rings. The van der Waals surface area contributed by atoms with Crippen LogP contribution >= 0.6 is 0 Å². The van der Waals surface area contributed by atoms with Crippen LogP contribution in [0.3, 0.4) is 0 Å². The number of aromatic nitrogens is 1. The van der Waals surface area contributed by atoms with Crippen LogP contribution < -0.4 is 20.1 Å². The van der Waals surface area contributed by atoms with Gasteiger partial charge in [0.15, 0.2) is 0 Å². The molecule has 0 bridgehead atoms. The van der Waals surface area contributed by atoms with E-state index in [1.807, 2.05) is 30.3 Å². The van der Waals surface area contributed by atoms with Gasteiger partial charge in [0.25, 0.3) is 0 Å². The number of nitrogens with one attached hydrogen (secondary N) is 2. The van der Waals surface area contributed by atoms with Crippen molar-refractivity contribution in [2.75, 3.05) is 13.7 Å². The highest BCUT2D eigenvalue weighted by molar-refractivity contribution is 5.80. The lowest BCUT2D eigenvalue weighted by molar-refractivity contribution is -0.128. The van der Waals surface area contributed by atoms with Crippen molar-refractivity contribution in [1.82, 2.24) is 15.6 Å². The fourth-order valence-corrected chi connectivity index (χ4v) is 6.27. The molecule has 4 aromatic rings. The number of halogens is 2. The first-order chi connectivity index (χ1) is 24.7. The molecule has 52 heavy (non-hydrogen) atoms. The van der Waals surface area contributed by atoms with Crippen LogP contribution in [0.5, 0.6) is 11.6 Å². The van der Waals surface area contributed by atoms with E-state index in [-0.39, 0.29) is 37.0 Å². The summed E-state index contributed by atoms with van der Waals surface area (Å²) < 4.78 is 45.7. The number of rotatable bonds is 12. The monoisotopic (exact) mass is 717 g/mol. The number of carbonyl (C=O) groups excluding carboxylic acids is 2. The summed E-state index contributed by atoms with van der Waals surface area (Å²) >= 11 is 0. The van der Waals surface area contributed by atoms with E-state index in [1.54, 1.807) is 59.2 Å². The van der Waals surface area contributed by atoms with Crippen LogP contribution in [0.1, 0.15) is 55.5 Å². The zero-order valence-electron chi connectivity index (χ0n) is 29.9. The van der Waals surface area contributed by atoms with Crippen molar-refractivity contribution in [3.8, 4) is 22.8 Å². The summed E-state index contributed by atoms with van der Waals surface area (Å²) in [5, 5.41) is 28.2. The summed E-state index contributed by atoms with van der Waals surface area (Å²) in [7, 11) is 1.54. The number of pyridine rings is 1. The van der Waals surface area contributed by atoms with Crippen molar-refractivity contribution in [3.05, 3.63) is 113 Å². The van der Waals surface area contributed by atoms with Gasteiger partial charge in [-0.2, -0.15) is 0 Å². The van der Waals surface area contributed by atoms with Crippen LogP contribution in [0, 0.1) is 24.5 Å². The Bertz CT molecular complexity index is 1850. The van der Waals surface area contributed by atoms with Crippen molar-refractivity contribution in [2.45, 2.75) is 76.9 Å². The molecule has 1 aliphatic heterocycles. The minimum absolute atomic E-state index is 0.104. The van der Waals surface area contributed by atoms with Crippen LogP contribution in [-0.4, -0.2) is 64.8 Å². The Morgan fingerprint density at radius 3 is 2.38 bits per heavy atom. The molecule has 0 unspecified atom stereocenters. The number of hydrogen-bond acceptors (Lipinski definition) is 8. The van der Waals surface area contributed by atoms with Crippen LogP contribution in [0.25, 0.3) is 11.1 Å². The van der Waals surface area contributed by atoms with Crippen LogP contribution in [-0.2, 0) is 22.4 Å². The van der Waals surface area contributed by atoms with Crippen molar-refractivity contribution in [1.29, 1.82) is 0 Å². The third-order valence-corrected chi connectivity index (χ3v) is 8.86. The number of amides is 2. The van der Waals surface area contributed by atoms with E-state index in [2.05, 4.69) is 15.6 Å². The number of nitrogens with zero attached hydrogens (tertiary/aromatic N) is 1. The number of benzene rings is 3. The highest BCUT2D eigenvalue weighted by atomic mass is 19.1. The number of aliphatic hydroxyl groups excluding tert-OH is 2. The predicted octanol–water partition coefficient (Wildman–Crippen LogP) is 6.00. The molecule has 4 N–H and O–H groups in total. The third-order valence-electron chi connectivity index (χ3n) is 8.86. The molecule has 0 saturated heterocycles. The van der Waals surface area contributed by atoms with Gasteiger partial charge in [0.05, 0.1) is 25.3 Å². The van der Waals surface area contributed by atoms with E-state index in [0.717, 1.165) is 16.7 Å². The summed E-state index contributed by atoms with van der Waals surface area (Å²) in [6.07, 6.45) is -1.71. The smallest absolute Gasteiger partial charge is 0.407 e. The zero-order valence-corrected chi connectivity index (χ0v) is 29.9. The zero-order chi connectivity index (χ0) is 37.6. The number of carbonyl (C=O) groups is 2. The molecule has 2 heterocycles. The number of alkyl carbamates (subject to hydrolysis) is 1. The molecule has 2 amide bonds. The molecule has 0 aliphatic carbocycles. The number of ether oxygens (including phenoxy) is 3. The molecule has 0 saturated carbocycles. The van der Waals surface area contributed by atoms with Crippen molar-refractivity contribution in [2.24, 2.45) is 5.92 Å². The number of hydrogen-bond donors (Lipinski definition) is 4. The molecule has 1 aliphatic rings. The van der Waals surface area contributed by atoms with E-state index >= 15 is 0 Å². The summed E-state index contributed by atoms with van der Waals surface area (Å²) in [5.41, 5.74) is 2.74. The van der Waals surface area contributed by atoms with Crippen molar-refractivity contribution >= 4 is 12.0 Å². The summed E-state index contributed by atoms with van der Waals surface area (Å²) in [4.78, 5) is 31.4. The molecular formula is C40H45F2N3O7. The molecule has 0 spiro atoms. The van der Waals surface area contributed by atoms with E-state index in [4.69, 9.17) is 14.2 Å². The molecule has 3 aromatic carbocycles. The number of aryl methyl sites for hydroxylation is 1. The summed E-state index contributed by atoms with van der Waals surface area (Å²) in [6.45, 7) is 6.68. The quantitative estimate of drug-likeness (QED) is 0.140. The Labute approximate surface area is 302 Å². The van der Waals surface area contributed by atoms with Gasteiger partial charge in [-0.3, -0.25) is 4.79 Å². The molecule has 12 heteroatoms. The summed E-state index contributed by atoms with van der Waals surface area (Å²) in [6, 6.07) is 17.7. The normalized spacial score (nSPS) is 17.2. The van der Waals surface area contributed by atoms with Crippen molar-refractivity contribution < 1.29 is 42.8 Å². The average Bonchev–Trinajstić information content (AvgIpc) is 3.09. The maximum absolute atomic E-state index is 15.0. The first-order valence-electron chi connectivity index (χ1n) is 17.1. The number of aliphatic hydroxyl groups is 2. The second kappa shape index (κ2) is 16.5. The van der Waals surface area contributed by atoms with Gasteiger partial charge in [0, 0.05) is 29.3 Å². The molecule has 1 aromatic heterocycles. The van der Waals surface area contributed by atoms with Gasteiger partial charge in [-0.15, -0.1) is 0 Å². The fourth-order valence-electron chi connectivity index (χ4n) is 6.27. The highest BCUT2D eigenvalue weighted by Gasteiger charge is 2.36. The third kappa shape index (κ3) is 9.83. The highest BCUT2D eigenvalue weighted by Crippen LogP contribution is 2.36. The van der Waals surface area contributed by atoms with Crippen molar-refractivity contribution in [3.63, 3.8) is 0 Å². The molecule has 0 radical (unpaired) electrons. The Kier molecular flexibility index (Phi) is 12.1. The molecule has 276 valence electrons. The van der Waals surface area contributed by atoms with Gasteiger partial charge < -0.3 is 35.1 Å². The summed E-state index contributed by atoms with van der Waals surface area (Å²) in [5.74, 6) is -1.87. The molecular weight excluding hydrogens is 672 g/mol. The number of fused-ring (bicyclic) bond motifs is 1. The fraction of sp³-hybridized carbons (Fsp3) is 0.375. The minimum atomic E-state index is -1.31. The van der Waals surface area contributed by atoms with Gasteiger partial charge in [0.1, 0.15) is 35.7 Å². The molecule has 5 atom stereocenters. The van der Waals surface area contributed by atoms with E-state index in [0.29, 0.717) is 17.2 Å². The SMILES string of the molecule is COc1ccc(-c2ccc(C[C@H](NC(=O)OC(C)(C)C)[C@@H](O)C[C@@H](Cc3ccccc3F)C(=O)N[C@H]3c4cc(F)cc(C)c4OC[C@H]3O)cc2)cn1. The lowest BCUT2D eigenvalue weighted by Crippen LogP contribution is -2.49. The number of methoxy groups -OCH3 is 1. The van der Waals surface area contributed by atoms with Gasteiger partial charge in [-0.1, -0.05) is 42.5 Å². The Hall–Kier alpha value is -5.07. The maximum atomic E-state index is 15.0. The first kappa shape index (κ1) is 38.2. The second-order valence-electron chi connectivity index (χ2n) is 14.0. The van der Waals surface area contributed by atoms with Gasteiger partial charge >= 0.3 is 6.09 Å². The lowest BCUT2D eigenvalue weighted by atomic mass is 9.87. The standard InChI is InChI=1S/C40H45F2N3O7/c1-23-16-29(41)20-30-36(34(47)22-51-37(23)30)45-38(48)28(18-26-8-6-7-9-31(26)42)19-33(46)32(44-39(49)52-40(2,3)4)17-24-10-12-25(13-11-24)27-14-15-35(50-5)43-21-27/h6-16,20-21,28,32-34,36,46-47H,17-19,22H2,1-5H3,(H,44,49)(H,45,48)/t28-,32+,33+,34-,36+/m1/s1. The molecule has 5 rings (SSSR count). The van der Waals surface area contributed by atoms with Gasteiger partial charge in [0.2, 0.25) is 11.8 Å². The van der Waals surface area contributed by atoms with E-state index in [1.165, 1.54) is 24.3 Å². The van der Waals surface area contributed by atoms with Gasteiger partial charge in [-0.25, -0.2) is 18.6 Å². The van der Waals surface area contributed by atoms with Gasteiger partial charge in [-0.05, 0) is 93.5 Å². The van der Waals surface area contributed by atoms with Crippen LogP contribution in [0.2, 0.25) is 0 Å². The van der Waals surface area contributed by atoms with E-state index < -0.39 is 59.4 Å². The minimum Gasteiger partial charge on any atom is -0.490 e. The van der Waals surface area contributed by atoms with Crippen LogP contribution in [0.15, 0.2) is 79.0 Å². The largest absolute Gasteiger partial charge is 0.490 e. The topological polar surface area (TPSA) is 139 Å². The Morgan fingerprint density at radius 2 is 1.73 bits per heavy atom. The average molecular weight is 718 g/mol. The maximum Gasteiger partial charge on any atom is 0.407 e.